The number of hydrogen-bond donors (Lipinski definition) is 2. The molecule has 0 aliphatic rings. The van der Waals surface area contributed by atoms with Crippen LogP contribution in [0.15, 0.2) is 90.3 Å². The van der Waals surface area contributed by atoms with Gasteiger partial charge in [-0.25, -0.2) is 27.5 Å². The number of carbonyl (C=O) groups is 1. The van der Waals surface area contributed by atoms with Gasteiger partial charge in [-0.15, -0.1) is 0 Å². The molecular formula is C28H26ClFN6O3S. The Balaban J connectivity index is 1.38. The number of rotatable bonds is 11. The first-order valence-corrected chi connectivity index (χ1v) is 14.4. The van der Waals surface area contributed by atoms with Gasteiger partial charge in [0.05, 0.1) is 22.3 Å². The smallest absolute Gasteiger partial charge is 0.257 e. The Hall–Kier alpha value is -4.06. The van der Waals surface area contributed by atoms with Crippen molar-refractivity contribution in [1.29, 1.82) is 0 Å². The number of hydrogen-bond acceptors (Lipinski definition) is 5. The van der Waals surface area contributed by atoms with Crippen LogP contribution in [-0.2, 0) is 29.5 Å². The first-order valence-electron chi connectivity index (χ1n) is 12.6. The monoisotopic (exact) mass is 580 g/mol. The first kappa shape index (κ1) is 27.5. The van der Waals surface area contributed by atoms with E-state index in [1.54, 1.807) is 55.0 Å². The number of halogens is 2. The number of amides is 1. The molecule has 0 unspecified atom stereocenters. The molecule has 0 aliphatic heterocycles. The van der Waals surface area contributed by atoms with E-state index < -0.39 is 10.0 Å². The molecule has 3 aromatic carbocycles. The molecule has 0 saturated carbocycles. The number of anilines is 1. The molecule has 2 N–H and O–H groups in total. The van der Waals surface area contributed by atoms with Crippen LogP contribution in [0.2, 0.25) is 5.02 Å². The van der Waals surface area contributed by atoms with Crippen LogP contribution in [0, 0.1) is 5.82 Å². The molecule has 5 rings (SSSR count). The maximum Gasteiger partial charge on any atom is 0.257 e. The van der Waals surface area contributed by atoms with Crippen molar-refractivity contribution in [3.63, 3.8) is 0 Å². The van der Waals surface area contributed by atoms with E-state index in [-0.39, 0.29) is 23.2 Å². The molecule has 0 radical (unpaired) electrons. The summed E-state index contributed by atoms with van der Waals surface area (Å²) in [6.45, 7) is 1.32. The molecule has 0 bridgehead atoms. The number of sulfonamides is 1. The lowest BCUT2D eigenvalue weighted by molar-refractivity contribution is 0.102. The normalized spacial score (nSPS) is 11.7. The minimum Gasteiger partial charge on any atom is -0.337 e. The summed E-state index contributed by atoms with van der Waals surface area (Å²) in [7, 11) is -3.86. The van der Waals surface area contributed by atoms with Crippen molar-refractivity contribution < 1.29 is 17.6 Å². The molecule has 5 aromatic rings. The van der Waals surface area contributed by atoms with Crippen molar-refractivity contribution in [1.82, 2.24) is 23.8 Å². The molecule has 0 fully saturated rings. The lowest BCUT2D eigenvalue weighted by Gasteiger charge is -2.11. The average Bonchev–Trinajstić information content (AvgIpc) is 3.57. The zero-order chi connectivity index (χ0) is 28.1. The molecule has 9 nitrogen and oxygen atoms in total. The summed E-state index contributed by atoms with van der Waals surface area (Å²) in [5.74, 6) is -0.436. The van der Waals surface area contributed by atoms with Gasteiger partial charge in [0.25, 0.3) is 5.91 Å². The Bertz CT molecular complexity index is 1740. The molecule has 2 aromatic heterocycles. The third-order valence-electron chi connectivity index (χ3n) is 6.31. The summed E-state index contributed by atoms with van der Waals surface area (Å²) in [6, 6.07) is 17.2. The van der Waals surface area contributed by atoms with Gasteiger partial charge in [0.2, 0.25) is 16.0 Å². The van der Waals surface area contributed by atoms with E-state index in [9.17, 15) is 17.6 Å². The van der Waals surface area contributed by atoms with Gasteiger partial charge in [-0.05, 0) is 73.0 Å². The fraction of sp³-hybridized carbons (Fsp3) is 0.179. The second-order valence-electron chi connectivity index (χ2n) is 9.13. The number of benzene rings is 3. The molecule has 40 heavy (non-hydrogen) atoms. The van der Waals surface area contributed by atoms with E-state index in [4.69, 9.17) is 11.6 Å². The Morgan fingerprint density at radius 3 is 2.60 bits per heavy atom. The zero-order valence-corrected chi connectivity index (χ0v) is 22.9. The second kappa shape index (κ2) is 12.0. The Kier molecular flexibility index (Phi) is 8.24. The Morgan fingerprint density at radius 2 is 1.85 bits per heavy atom. The van der Waals surface area contributed by atoms with Gasteiger partial charge >= 0.3 is 0 Å². The second-order valence-corrected chi connectivity index (χ2v) is 11.3. The van der Waals surface area contributed by atoms with Crippen LogP contribution in [-0.4, -0.2) is 40.0 Å². The highest BCUT2D eigenvalue weighted by Crippen LogP contribution is 2.24. The predicted octanol–water partition coefficient (Wildman–Crippen LogP) is 4.89. The number of carbonyl (C=O) groups excluding carboxylic acids is 1. The van der Waals surface area contributed by atoms with Gasteiger partial charge in [-0.3, -0.25) is 10.1 Å². The summed E-state index contributed by atoms with van der Waals surface area (Å²) in [4.78, 5) is 21.6. The highest BCUT2D eigenvalue weighted by atomic mass is 35.5. The van der Waals surface area contributed by atoms with E-state index >= 15 is 0 Å². The van der Waals surface area contributed by atoms with Crippen LogP contribution < -0.4 is 10.0 Å². The van der Waals surface area contributed by atoms with E-state index in [2.05, 4.69) is 20.0 Å². The molecule has 0 aliphatic carbocycles. The van der Waals surface area contributed by atoms with Gasteiger partial charge in [-0.2, -0.15) is 0 Å². The number of nitrogens with one attached hydrogen (secondary N) is 2. The van der Waals surface area contributed by atoms with Gasteiger partial charge in [0.15, 0.2) is 0 Å². The number of imidazole rings is 2. The van der Waals surface area contributed by atoms with Crippen molar-refractivity contribution in [3.8, 4) is 0 Å². The van der Waals surface area contributed by atoms with Gasteiger partial charge < -0.3 is 9.13 Å². The molecular weight excluding hydrogens is 555 g/mol. The summed E-state index contributed by atoms with van der Waals surface area (Å²) < 4.78 is 45.8. The molecule has 206 valence electrons. The Labute approximate surface area is 235 Å². The van der Waals surface area contributed by atoms with Crippen LogP contribution in [0.1, 0.15) is 22.3 Å². The van der Waals surface area contributed by atoms with Crippen molar-refractivity contribution >= 4 is 44.5 Å². The quantitative estimate of drug-likeness (QED) is 0.231. The predicted molar refractivity (Wildman–Crippen MR) is 151 cm³/mol. The zero-order valence-electron chi connectivity index (χ0n) is 21.3. The molecule has 0 spiro atoms. The maximum absolute atomic E-state index is 13.4. The van der Waals surface area contributed by atoms with Crippen LogP contribution >= 0.6 is 11.6 Å². The molecule has 12 heteroatoms. The lowest BCUT2D eigenvalue weighted by atomic mass is 10.1. The third kappa shape index (κ3) is 6.56. The van der Waals surface area contributed by atoms with Crippen LogP contribution in [0.5, 0.6) is 0 Å². The molecule has 0 saturated heterocycles. The first-order chi connectivity index (χ1) is 19.3. The SMILES string of the molecule is O=C(Nc1nc2cc(S(=O)(=O)NCCc3cccc(F)c3)ccc2n1CCCn1ccnc1)c1ccc(Cl)cc1. The molecule has 2 heterocycles. The lowest BCUT2D eigenvalue weighted by Crippen LogP contribution is -2.26. The topological polar surface area (TPSA) is 111 Å². The minimum atomic E-state index is -3.86. The fourth-order valence-corrected chi connectivity index (χ4v) is 5.49. The van der Waals surface area contributed by atoms with E-state index in [0.29, 0.717) is 59.1 Å². The summed E-state index contributed by atoms with van der Waals surface area (Å²) in [5.41, 5.74) is 2.19. The van der Waals surface area contributed by atoms with Gasteiger partial charge in [-0.1, -0.05) is 23.7 Å². The highest BCUT2D eigenvalue weighted by Gasteiger charge is 2.19. The number of aromatic nitrogens is 4. The highest BCUT2D eigenvalue weighted by molar-refractivity contribution is 7.89. The fourth-order valence-electron chi connectivity index (χ4n) is 4.31. The van der Waals surface area contributed by atoms with Crippen LogP contribution in [0.4, 0.5) is 10.3 Å². The van der Waals surface area contributed by atoms with Gasteiger partial charge in [0, 0.05) is 42.6 Å². The summed E-state index contributed by atoms with van der Waals surface area (Å²) >= 11 is 5.95. The van der Waals surface area contributed by atoms with Crippen molar-refractivity contribution in [2.75, 3.05) is 11.9 Å². The standard InChI is InChI=1S/C28H26ClFN6O3S/c29-22-7-5-21(6-8-22)27(37)34-28-33-25-18-24(40(38,39)32-12-11-20-3-1-4-23(30)17-20)9-10-26(25)36(28)15-2-14-35-16-13-31-19-35/h1,3-10,13,16-19,32H,2,11-12,14-15H2,(H,33,34,37). The van der Waals surface area contributed by atoms with Crippen molar-refractivity contribution in [2.24, 2.45) is 0 Å². The number of aryl methyl sites for hydroxylation is 2. The molecule has 0 atom stereocenters. The van der Waals surface area contributed by atoms with Crippen molar-refractivity contribution in [3.05, 3.63) is 107 Å². The maximum atomic E-state index is 13.4. The minimum absolute atomic E-state index is 0.0397. The molecule has 1 amide bonds. The van der Waals surface area contributed by atoms with E-state index in [1.807, 2.05) is 15.3 Å². The average molecular weight is 581 g/mol. The summed E-state index contributed by atoms with van der Waals surface area (Å²) in [6.07, 6.45) is 6.36. The van der Waals surface area contributed by atoms with Gasteiger partial charge in [0.1, 0.15) is 5.82 Å². The van der Waals surface area contributed by atoms with Crippen LogP contribution in [0.3, 0.4) is 0 Å². The van der Waals surface area contributed by atoms with E-state index in [1.165, 1.54) is 24.3 Å². The largest absolute Gasteiger partial charge is 0.337 e. The number of fused-ring (bicyclic) bond motifs is 1. The third-order valence-corrected chi connectivity index (χ3v) is 8.02. The van der Waals surface area contributed by atoms with Crippen molar-refractivity contribution in [2.45, 2.75) is 30.8 Å². The number of nitrogens with zero attached hydrogens (tertiary/aromatic N) is 4. The van der Waals surface area contributed by atoms with E-state index in [0.717, 1.165) is 0 Å². The Morgan fingerprint density at radius 1 is 1.02 bits per heavy atom. The summed E-state index contributed by atoms with van der Waals surface area (Å²) in [5, 5.41) is 3.36. The van der Waals surface area contributed by atoms with Crippen LogP contribution in [0.25, 0.3) is 11.0 Å².